The number of hydrogen-bond acceptors (Lipinski definition) is 6. The number of fused-ring (bicyclic) bond motifs is 1. The van der Waals surface area contributed by atoms with Crippen LogP contribution in [0.4, 0.5) is 0 Å². The summed E-state index contributed by atoms with van der Waals surface area (Å²) in [5.74, 6) is 0.682. The van der Waals surface area contributed by atoms with Gasteiger partial charge in [-0.15, -0.1) is 0 Å². The third-order valence-corrected chi connectivity index (χ3v) is 3.69. The Morgan fingerprint density at radius 3 is 2.72 bits per heavy atom. The van der Waals surface area contributed by atoms with E-state index in [0.29, 0.717) is 17.2 Å². The molecule has 0 aliphatic heterocycles. The first-order valence-electron chi connectivity index (χ1n) is 7.37. The van der Waals surface area contributed by atoms with Crippen LogP contribution in [0.25, 0.3) is 28.0 Å². The van der Waals surface area contributed by atoms with Crippen molar-refractivity contribution in [2.75, 3.05) is 0 Å². The molecule has 25 heavy (non-hydrogen) atoms. The van der Waals surface area contributed by atoms with Crippen LogP contribution >= 0.6 is 0 Å². The van der Waals surface area contributed by atoms with Gasteiger partial charge in [-0.05, 0) is 24.3 Å². The van der Waals surface area contributed by atoms with Gasteiger partial charge in [-0.25, -0.2) is 19.6 Å². The summed E-state index contributed by atoms with van der Waals surface area (Å²) >= 11 is 0. The largest absolute Gasteiger partial charge is 0.232 e. The van der Waals surface area contributed by atoms with E-state index < -0.39 is 0 Å². The Morgan fingerprint density at radius 1 is 0.960 bits per heavy atom. The fourth-order valence-electron chi connectivity index (χ4n) is 2.54. The lowest BCUT2D eigenvalue weighted by Gasteiger charge is -2.05. The zero-order valence-electron chi connectivity index (χ0n) is 12.8. The van der Waals surface area contributed by atoms with Crippen LogP contribution in [-0.4, -0.2) is 24.7 Å². The van der Waals surface area contributed by atoms with Gasteiger partial charge in [-0.2, -0.15) is 15.6 Å². The van der Waals surface area contributed by atoms with Gasteiger partial charge in [-0.3, -0.25) is 0 Å². The van der Waals surface area contributed by atoms with Crippen LogP contribution in [0.3, 0.4) is 0 Å². The molecule has 0 bridgehead atoms. The highest BCUT2D eigenvalue weighted by atomic mass is 15.3. The maximum Gasteiger partial charge on any atom is 0.232 e. The van der Waals surface area contributed by atoms with E-state index in [1.807, 2.05) is 30.3 Å². The molecule has 3 heterocycles. The summed E-state index contributed by atoms with van der Waals surface area (Å²) in [6.07, 6.45) is 3.29. The summed E-state index contributed by atoms with van der Waals surface area (Å²) in [4.78, 5) is 12.4. The lowest BCUT2D eigenvalue weighted by Crippen LogP contribution is -2.00. The zero-order chi connectivity index (χ0) is 17.2. The third-order valence-electron chi connectivity index (χ3n) is 3.69. The summed E-state index contributed by atoms with van der Waals surface area (Å²) in [6, 6.07) is 16.7. The number of aromatic nitrogens is 5. The van der Waals surface area contributed by atoms with E-state index in [1.165, 1.54) is 0 Å². The van der Waals surface area contributed by atoms with Crippen LogP contribution < -0.4 is 0 Å². The van der Waals surface area contributed by atoms with E-state index in [-0.39, 0.29) is 5.82 Å². The second-order valence-corrected chi connectivity index (χ2v) is 5.20. The van der Waals surface area contributed by atoms with Crippen molar-refractivity contribution in [3.63, 3.8) is 0 Å². The molecule has 0 aliphatic carbocycles. The first-order chi connectivity index (χ1) is 12.3. The summed E-state index contributed by atoms with van der Waals surface area (Å²) < 4.78 is 1.67. The molecule has 7 nitrogen and oxygen atoms in total. The maximum absolute atomic E-state index is 9.03. The van der Waals surface area contributed by atoms with Crippen molar-refractivity contribution >= 4 is 10.9 Å². The second kappa shape index (κ2) is 5.84. The molecule has 3 aromatic heterocycles. The van der Waals surface area contributed by atoms with Gasteiger partial charge in [0.15, 0.2) is 5.82 Å². The lowest BCUT2D eigenvalue weighted by atomic mass is 10.1. The minimum absolute atomic E-state index is 0.120. The Balaban J connectivity index is 1.88. The van der Waals surface area contributed by atoms with Crippen molar-refractivity contribution in [2.45, 2.75) is 0 Å². The zero-order valence-corrected chi connectivity index (χ0v) is 12.8. The van der Waals surface area contributed by atoms with Crippen LogP contribution in [0.15, 0.2) is 54.9 Å². The fourth-order valence-corrected chi connectivity index (χ4v) is 2.54. The van der Waals surface area contributed by atoms with Gasteiger partial charge in [0.05, 0.1) is 17.4 Å². The number of rotatable bonds is 2. The van der Waals surface area contributed by atoms with E-state index in [1.54, 1.807) is 41.3 Å². The Labute approximate surface area is 142 Å². The Morgan fingerprint density at radius 2 is 1.88 bits per heavy atom. The minimum atomic E-state index is 0.120. The van der Waals surface area contributed by atoms with Crippen LogP contribution in [-0.2, 0) is 0 Å². The fraction of sp³-hybridized carbons (Fsp3) is 0. The van der Waals surface area contributed by atoms with Crippen LogP contribution in [0, 0.1) is 22.7 Å². The molecule has 0 spiro atoms. The minimum Gasteiger partial charge on any atom is -0.227 e. The molecule has 4 rings (SSSR count). The Kier molecular flexibility index (Phi) is 3.38. The van der Waals surface area contributed by atoms with Crippen molar-refractivity contribution in [1.29, 1.82) is 10.5 Å². The van der Waals surface area contributed by atoms with Gasteiger partial charge in [0.1, 0.15) is 17.8 Å². The summed E-state index contributed by atoms with van der Waals surface area (Å²) in [6.45, 7) is 0. The molecule has 0 fully saturated rings. The van der Waals surface area contributed by atoms with Gasteiger partial charge in [-0.1, -0.05) is 18.2 Å². The first-order valence-corrected chi connectivity index (χ1v) is 7.37. The molecule has 0 atom stereocenters. The summed E-state index contributed by atoms with van der Waals surface area (Å²) in [7, 11) is 0. The van der Waals surface area contributed by atoms with Gasteiger partial charge >= 0.3 is 0 Å². The predicted octanol–water partition coefficient (Wildman–Crippen LogP) is 2.62. The van der Waals surface area contributed by atoms with E-state index in [4.69, 9.17) is 10.5 Å². The van der Waals surface area contributed by atoms with Crippen LogP contribution in [0.5, 0.6) is 0 Å². The molecule has 0 aliphatic rings. The SMILES string of the molecule is N#Cc1cccc(-n2ncc3ccc(-c4ccnc(C#N)n4)cc32)n1. The third kappa shape index (κ3) is 2.56. The van der Waals surface area contributed by atoms with Crippen molar-refractivity contribution in [1.82, 2.24) is 24.7 Å². The van der Waals surface area contributed by atoms with Gasteiger partial charge < -0.3 is 0 Å². The summed E-state index contributed by atoms with van der Waals surface area (Å²) in [5.41, 5.74) is 2.65. The molecule has 1 aromatic carbocycles. The van der Waals surface area contributed by atoms with Crippen LogP contribution in [0.2, 0.25) is 0 Å². The van der Waals surface area contributed by atoms with Crippen molar-refractivity contribution < 1.29 is 0 Å². The molecule has 0 amide bonds. The Hall–Kier alpha value is -4.10. The van der Waals surface area contributed by atoms with E-state index in [2.05, 4.69) is 20.1 Å². The standard InChI is InChI=1S/C18H9N7/c19-9-14-2-1-3-18(23-14)25-16-8-12(4-5-13(16)11-22-25)15-6-7-21-17(10-20)24-15/h1-8,11H. The predicted molar refractivity (Wildman–Crippen MR) is 89.3 cm³/mol. The highest BCUT2D eigenvalue weighted by Crippen LogP contribution is 2.24. The molecule has 0 N–H and O–H groups in total. The molecule has 4 aromatic rings. The average molecular weight is 323 g/mol. The highest BCUT2D eigenvalue weighted by Gasteiger charge is 2.10. The normalized spacial score (nSPS) is 10.3. The molecule has 116 valence electrons. The number of pyridine rings is 1. The van der Waals surface area contributed by atoms with Gasteiger partial charge in [0.2, 0.25) is 5.82 Å². The molecular weight excluding hydrogens is 314 g/mol. The van der Waals surface area contributed by atoms with E-state index in [0.717, 1.165) is 16.5 Å². The maximum atomic E-state index is 9.03. The van der Waals surface area contributed by atoms with Gasteiger partial charge in [0.25, 0.3) is 0 Å². The molecule has 0 saturated carbocycles. The van der Waals surface area contributed by atoms with Crippen LogP contribution in [0.1, 0.15) is 11.5 Å². The molecule has 7 heteroatoms. The smallest absolute Gasteiger partial charge is 0.227 e. The molecule has 0 unspecified atom stereocenters. The quantitative estimate of drug-likeness (QED) is 0.561. The monoisotopic (exact) mass is 323 g/mol. The number of hydrogen-bond donors (Lipinski definition) is 0. The van der Waals surface area contributed by atoms with E-state index in [9.17, 15) is 0 Å². The van der Waals surface area contributed by atoms with Crippen molar-refractivity contribution in [3.8, 4) is 29.2 Å². The Bertz CT molecular complexity index is 1180. The van der Waals surface area contributed by atoms with Crippen molar-refractivity contribution in [2.24, 2.45) is 0 Å². The topological polar surface area (TPSA) is 104 Å². The summed E-state index contributed by atoms with van der Waals surface area (Å²) in [5, 5.41) is 23.3. The second-order valence-electron chi connectivity index (χ2n) is 5.20. The molecule has 0 saturated heterocycles. The average Bonchev–Trinajstić information content (AvgIpc) is 3.11. The van der Waals surface area contributed by atoms with E-state index >= 15 is 0 Å². The number of nitriles is 2. The number of nitrogens with zero attached hydrogens (tertiary/aromatic N) is 7. The first kappa shape index (κ1) is 14.5. The highest BCUT2D eigenvalue weighted by molar-refractivity contribution is 5.84. The lowest BCUT2D eigenvalue weighted by molar-refractivity contribution is 0.872. The number of benzene rings is 1. The molecular formula is C18H9N7. The van der Waals surface area contributed by atoms with Gasteiger partial charge in [0, 0.05) is 17.1 Å². The van der Waals surface area contributed by atoms with Crippen molar-refractivity contribution in [3.05, 3.63) is 66.4 Å². The molecule has 0 radical (unpaired) electrons.